The summed E-state index contributed by atoms with van der Waals surface area (Å²) in [6, 6.07) is 1.91. The molecule has 0 aliphatic carbocycles. The van der Waals surface area contributed by atoms with Crippen LogP contribution in [0.5, 0.6) is 0 Å². The van der Waals surface area contributed by atoms with Gasteiger partial charge in [0.2, 0.25) is 0 Å². The highest BCUT2D eigenvalue weighted by Gasteiger charge is 2.13. The van der Waals surface area contributed by atoms with Crippen molar-refractivity contribution in [2.45, 2.75) is 19.9 Å². The van der Waals surface area contributed by atoms with Crippen molar-refractivity contribution in [2.24, 2.45) is 0 Å². The number of carbonyl (C=O) groups excluding carboxylic acids is 1. The lowest BCUT2D eigenvalue weighted by Gasteiger charge is -2.11. The van der Waals surface area contributed by atoms with Gasteiger partial charge in [0, 0.05) is 19.2 Å². The Hall–Kier alpha value is -2.44. The van der Waals surface area contributed by atoms with E-state index in [0.717, 1.165) is 0 Å². The Morgan fingerprint density at radius 2 is 2.16 bits per heavy atom. The number of carbonyl (C=O) groups is 1. The molecule has 2 rings (SSSR count). The fourth-order valence-electron chi connectivity index (χ4n) is 1.60. The first kappa shape index (κ1) is 13.0. The van der Waals surface area contributed by atoms with Gasteiger partial charge in [0.25, 0.3) is 5.91 Å². The van der Waals surface area contributed by atoms with Crippen molar-refractivity contribution >= 4 is 17.5 Å². The first-order valence-electron chi connectivity index (χ1n) is 5.96. The molecule has 0 radical (unpaired) electrons. The normalized spacial score (nSPS) is 10.5. The van der Waals surface area contributed by atoms with E-state index >= 15 is 0 Å². The summed E-state index contributed by atoms with van der Waals surface area (Å²) in [7, 11) is 1.72. The van der Waals surface area contributed by atoms with Crippen LogP contribution in [0.2, 0.25) is 0 Å². The first-order chi connectivity index (χ1) is 9.11. The van der Waals surface area contributed by atoms with Crippen molar-refractivity contribution in [3.05, 3.63) is 30.4 Å². The highest BCUT2D eigenvalue weighted by Crippen LogP contribution is 2.14. The Bertz CT molecular complexity index is 577. The van der Waals surface area contributed by atoms with Gasteiger partial charge in [-0.25, -0.2) is 9.67 Å². The minimum atomic E-state index is -0.313. The molecule has 0 aliphatic rings. The molecule has 2 N–H and O–H groups in total. The second kappa shape index (κ2) is 5.47. The summed E-state index contributed by atoms with van der Waals surface area (Å²) in [5.74, 6) is 0.869. The molecule has 0 aromatic carbocycles. The van der Waals surface area contributed by atoms with Crippen molar-refractivity contribution in [1.82, 2.24) is 19.7 Å². The summed E-state index contributed by atoms with van der Waals surface area (Å²) in [5.41, 5.74) is 0.253. The predicted octanol–water partition coefficient (Wildman–Crippen LogP) is 1.55. The van der Waals surface area contributed by atoms with E-state index in [9.17, 15) is 4.79 Å². The number of nitrogens with zero attached hydrogens (tertiary/aromatic N) is 4. The maximum absolute atomic E-state index is 12.1. The number of rotatable bonds is 4. The van der Waals surface area contributed by atoms with Crippen LogP contribution in [0.4, 0.5) is 11.6 Å². The van der Waals surface area contributed by atoms with E-state index in [1.54, 1.807) is 30.2 Å². The lowest BCUT2D eigenvalue weighted by atomic mass is 10.4. The van der Waals surface area contributed by atoms with E-state index in [4.69, 9.17) is 0 Å². The van der Waals surface area contributed by atoms with Crippen LogP contribution in [0.1, 0.15) is 30.4 Å². The Labute approximate surface area is 111 Å². The van der Waals surface area contributed by atoms with E-state index in [1.807, 2.05) is 13.8 Å². The average molecular weight is 260 g/mol. The monoisotopic (exact) mass is 260 g/mol. The molecule has 0 atom stereocenters. The lowest BCUT2D eigenvalue weighted by Crippen LogP contribution is -2.18. The van der Waals surface area contributed by atoms with Gasteiger partial charge in [-0.2, -0.15) is 5.10 Å². The van der Waals surface area contributed by atoms with Crippen LogP contribution in [-0.4, -0.2) is 32.7 Å². The zero-order valence-electron chi connectivity index (χ0n) is 11.1. The van der Waals surface area contributed by atoms with E-state index in [2.05, 4.69) is 25.7 Å². The van der Waals surface area contributed by atoms with E-state index in [0.29, 0.717) is 11.6 Å². The summed E-state index contributed by atoms with van der Waals surface area (Å²) >= 11 is 0. The standard InChI is InChI=1S/C12H16N6O/c1-8(2)18-11(4-5-15-18)17-12(19)9-6-14-7-10(13-3)16-9/h4-8H,1-3H3,(H,13,16)(H,17,19). The molecule has 0 spiro atoms. The summed E-state index contributed by atoms with van der Waals surface area (Å²) < 4.78 is 1.73. The van der Waals surface area contributed by atoms with Crippen LogP contribution in [0, 0.1) is 0 Å². The Morgan fingerprint density at radius 3 is 2.84 bits per heavy atom. The molecule has 0 bridgehead atoms. The molecule has 7 heteroatoms. The van der Waals surface area contributed by atoms with Crippen LogP contribution in [0.25, 0.3) is 0 Å². The number of nitrogens with one attached hydrogen (secondary N) is 2. The van der Waals surface area contributed by atoms with Crippen molar-refractivity contribution in [2.75, 3.05) is 17.7 Å². The van der Waals surface area contributed by atoms with Crippen LogP contribution in [0.3, 0.4) is 0 Å². The molecule has 0 unspecified atom stereocenters. The largest absolute Gasteiger partial charge is 0.372 e. The van der Waals surface area contributed by atoms with E-state index in [-0.39, 0.29) is 17.6 Å². The highest BCUT2D eigenvalue weighted by molar-refractivity contribution is 6.02. The van der Waals surface area contributed by atoms with Crippen molar-refractivity contribution in [3.8, 4) is 0 Å². The van der Waals surface area contributed by atoms with Gasteiger partial charge >= 0.3 is 0 Å². The molecular formula is C12H16N6O. The first-order valence-corrected chi connectivity index (χ1v) is 5.96. The molecule has 2 heterocycles. The zero-order chi connectivity index (χ0) is 13.8. The number of hydrogen-bond donors (Lipinski definition) is 2. The van der Waals surface area contributed by atoms with Crippen LogP contribution < -0.4 is 10.6 Å². The quantitative estimate of drug-likeness (QED) is 0.871. The molecule has 2 aromatic heterocycles. The Balaban J connectivity index is 2.18. The summed E-state index contributed by atoms with van der Waals surface area (Å²) in [6.07, 6.45) is 4.62. The van der Waals surface area contributed by atoms with Gasteiger partial charge in [-0.3, -0.25) is 9.78 Å². The Kier molecular flexibility index (Phi) is 3.74. The molecule has 7 nitrogen and oxygen atoms in total. The van der Waals surface area contributed by atoms with Gasteiger partial charge in [0.1, 0.15) is 17.3 Å². The van der Waals surface area contributed by atoms with Gasteiger partial charge in [0.05, 0.1) is 18.6 Å². The number of aromatic nitrogens is 4. The van der Waals surface area contributed by atoms with Gasteiger partial charge in [-0.05, 0) is 13.8 Å². The minimum Gasteiger partial charge on any atom is -0.372 e. The van der Waals surface area contributed by atoms with Crippen molar-refractivity contribution in [3.63, 3.8) is 0 Å². The fraction of sp³-hybridized carbons (Fsp3) is 0.333. The predicted molar refractivity (Wildman–Crippen MR) is 72.1 cm³/mol. The van der Waals surface area contributed by atoms with E-state index in [1.165, 1.54) is 6.20 Å². The highest BCUT2D eigenvalue weighted by atomic mass is 16.2. The molecule has 0 aliphatic heterocycles. The third kappa shape index (κ3) is 2.87. The number of anilines is 2. The van der Waals surface area contributed by atoms with Gasteiger partial charge in [0.15, 0.2) is 0 Å². The molecular weight excluding hydrogens is 244 g/mol. The third-order valence-electron chi connectivity index (χ3n) is 2.52. The van der Waals surface area contributed by atoms with Crippen LogP contribution >= 0.6 is 0 Å². The maximum atomic E-state index is 12.1. The molecule has 2 aromatic rings. The SMILES string of the molecule is CNc1cncc(C(=O)Nc2ccnn2C(C)C)n1. The molecule has 1 amide bonds. The Morgan fingerprint density at radius 1 is 1.37 bits per heavy atom. The summed E-state index contributed by atoms with van der Waals surface area (Å²) in [5, 5.41) is 9.76. The van der Waals surface area contributed by atoms with Crippen molar-refractivity contribution in [1.29, 1.82) is 0 Å². The molecule has 100 valence electrons. The van der Waals surface area contributed by atoms with Crippen LogP contribution in [-0.2, 0) is 0 Å². The summed E-state index contributed by atoms with van der Waals surface area (Å²) in [4.78, 5) is 20.2. The maximum Gasteiger partial charge on any atom is 0.277 e. The molecule has 19 heavy (non-hydrogen) atoms. The topological polar surface area (TPSA) is 84.7 Å². The van der Waals surface area contributed by atoms with Crippen LogP contribution in [0.15, 0.2) is 24.7 Å². The zero-order valence-corrected chi connectivity index (χ0v) is 11.1. The third-order valence-corrected chi connectivity index (χ3v) is 2.52. The molecule has 0 saturated carbocycles. The second-order valence-corrected chi connectivity index (χ2v) is 4.25. The van der Waals surface area contributed by atoms with E-state index < -0.39 is 0 Å². The molecule has 0 saturated heterocycles. The van der Waals surface area contributed by atoms with Crippen molar-refractivity contribution < 1.29 is 4.79 Å². The second-order valence-electron chi connectivity index (χ2n) is 4.25. The fourth-order valence-corrected chi connectivity index (χ4v) is 1.60. The smallest absolute Gasteiger partial charge is 0.277 e. The number of hydrogen-bond acceptors (Lipinski definition) is 5. The minimum absolute atomic E-state index is 0.167. The lowest BCUT2D eigenvalue weighted by molar-refractivity contribution is 0.102. The van der Waals surface area contributed by atoms with Gasteiger partial charge < -0.3 is 10.6 Å². The molecule has 0 fully saturated rings. The average Bonchev–Trinajstić information content (AvgIpc) is 2.87. The summed E-state index contributed by atoms with van der Waals surface area (Å²) in [6.45, 7) is 3.98. The van der Waals surface area contributed by atoms with Gasteiger partial charge in [-0.15, -0.1) is 0 Å². The van der Waals surface area contributed by atoms with Gasteiger partial charge in [-0.1, -0.05) is 0 Å². The number of amides is 1.